The lowest BCUT2D eigenvalue weighted by Crippen LogP contribution is -2.34. The van der Waals surface area contributed by atoms with Gasteiger partial charge in [-0.05, 0) is 54.1 Å². The molecular weight excluding hydrogens is 450 g/mol. The highest BCUT2D eigenvalue weighted by Crippen LogP contribution is 2.43. The molecule has 0 saturated carbocycles. The minimum Gasteiger partial charge on any atom is -0.297 e. The van der Waals surface area contributed by atoms with Gasteiger partial charge in [0, 0.05) is 60.7 Å². The standard InChI is InChI=1S/C27H19N9/c1-2-11-31-22(6-1)36-25(20-5-3-10-29-17-20)23(19-7-14-28-15-8-19)24(26-32-12-4-13-33-26)35-27(36)21-9-16-30-18-34-21/h1-18,27H. The number of rotatable bonds is 5. The lowest BCUT2D eigenvalue weighted by Gasteiger charge is -2.37. The fraction of sp³-hybridized carbons (Fsp3) is 0.0370. The van der Waals surface area contributed by atoms with Crippen molar-refractivity contribution in [2.75, 3.05) is 4.90 Å². The van der Waals surface area contributed by atoms with Crippen molar-refractivity contribution < 1.29 is 0 Å². The highest BCUT2D eigenvalue weighted by Gasteiger charge is 2.36. The Balaban J connectivity index is 1.72. The minimum absolute atomic E-state index is 0.505. The molecule has 0 bridgehead atoms. The van der Waals surface area contributed by atoms with Crippen LogP contribution in [0, 0.1) is 0 Å². The Labute approximate surface area is 207 Å². The maximum Gasteiger partial charge on any atom is 0.178 e. The van der Waals surface area contributed by atoms with Crippen LogP contribution in [0.25, 0.3) is 11.3 Å². The van der Waals surface area contributed by atoms with Gasteiger partial charge in [0.05, 0.1) is 11.4 Å². The Morgan fingerprint density at radius 2 is 1.44 bits per heavy atom. The van der Waals surface area contributed by atoms with Crippen molar-refractivity contribution >= 4 is 22.8 Å². The van der Waals surface area contributed by atoms with Crippen molar-refractivity contribution in [1.82, 2.24) is 34.9 Å². The fourth-order valence-electron chi connectivity index (χ4n) is 4.16. The highest BCUT2D eigenvalue weighted by molar-refractivity contribution is 6.37. The molecule has 6 rings (SSSR count). The zero-order valence-corrected chi connectivity index (χ0v) is 19.0. The second-order valence-electron chi connectivity index (χ2n) is 7.82. The van der Waals surface area contributed by atoms with Gasteiger partial charge < -0.3 is 0 Å². The van der Waals surface area contributed by atoms with Crippen molar-refractivity contribution in [3.63, 3.8) is 0 Å². The van der Waals surface area contributed by atoms with Crippen molar-refractivity contribution in [3.05, 3.63) is 133 Å². The van der Waals surface area contributed by atoms with Crippen LogP contribution in [-0.4, -0.2) is 40.6 Å². The molecule has 1 aliphatic rings. The van der Waals surface area contributed by atoms with E-state index in [1.165, 1.54) is 6.33 Å². The Hall–Kier alpha value is -5.18. The zero-order chi connectivity index (χ0) is 24.2. The zero-order valence-electron chi connectivity index (χ0n) is 19.0. The number of anilines is 1. The number of allylic oxidation sites excluding steroid dienone is 1. The molecule has 0 amide bonds. The maximum atomic E-state index is 5.20. The second-order valence-corrected chi connectivity index (χ2v) is 7.82. The summed E-state index contributed by atoms with van der Waals surface area (Å²) < 4.78 is 0. The molecule has 1 unspecified atom stereocenters. The number of nitrogens with zero attached hydrogens (tertiary/aromatic N) is 9. The van der Waals surface area contributed by atoms with Gasteiger partial charge >= 0.3 is 0 Å². The molecule has 5 aromatic rings. The number of hydrogen-bond donors (Lipinski definition) is 0. The van der Waals surface area contributed by atoms with Crippen molar-refractivity contribution in [2.45, 2.75) is 6.17 Å². The van der Waals surface area contributed by atoms with Crippen LogP contribution in [0.15, 0.2) is 115 Å². The predicted octanol–water partition coefficient (Wildman–Crippen LogP) is 4.03. The van der Waals surface area contributed by atoms with E-state index in [0.29, 0.717) is 23.0 Å². The van der Waals surface area contributed by atoms with Gasteiger partial charge in [-0.3, -0.25) is 14.9 Å². The SMILES string of the molecule is c1ccc(N2C(c3cccnc3)=C(c3ccncc3)C(c3ncccn3)=NC2c2ccncn2)nc1. The van der Waals surface area contributed by atoms with Crippen LogP contribution >= 0.6 is 0 Å². The average Bonchev–Trinajstić information content (AvgIpc) is 2.98. The fourth-order valence-corrected chi connectivity index (χ4v) is 4.16. The first-order valence-corrected chi connectivity index (χ1v) is 11.3. The summed E-state index contributed by atoms with van der Waals surface area (Å²) in [6.45, 7) is 0. The van der Waals surface area contributed by atoms with E-state index in [0.717, 1.165) is 22.4 Å². The van der Waals surface area contributed by atoms with E-state index in [4.69, 9.17) is 9.98 Å². The Morgan fingerprint density at radius 1 is 0.611 bits per heavy atom. The number of hydrogen-bond acceptors (Lipinski definition) is 9. The topological polar surface area (TPSA) is 106 Å². The number of aliphatic imine (C=N–C) groups is 1. The van der Waals surface area contributed by atoms with Gasteiger partial charge in [-0.2, -0.15) is 0 Å². The van der Waals surface area contributed by atoms with Crippen LogP contribution in [0.2, 0.25) is 0 Å². The van der Waals surface area contributed by atoms with Crippen LogP contribution in [0.3, 0.4) is 0 Å². The average molecular weight is 470 g/mol. The van der Waals surface area contributed by atoms with Gasteiger partial charge in [0.15, 0.2) is 12.0 Å². The van der Waals surface area contributed by atoms with Gasteiger partial charge in [-0.15, -0.1) is 0 Å². The van der Waals surface area contributed by atoms with Gasteiger partial charge in [0.1, 0.15) is 17.9 Å². The third kappa shape index (κ3) is 3.98. The molecule has 0 radical (unpaired) electrons. The molecule has 0 saturated heterocycles. The predicted molar refractivity (Wildman–Crippen MR) is 135 cm³/mol. The largest absolute Gasteiger partial charge is 0.297 e. The first-order valence-electron chi connectivity index (χ1n) is 11.3. The summed E-state index contributed by atoms with van der Waals surface area (Å²) in [5, 5.41) is 0. The lowest BCUT2D eigenvalue weighted by molar-refractivity contribution is 0.700. The first kappa shape index (κ1) is 21.4. The van der Waals surface area contributed by atoms with Crippen LogP contribution in [0.4, 0.5) is 5.82 Å². The second kappa shape index (κ2) is 9.59. The molecule has 6 heterocycles. The van der Waals surface area contributed by atoms with Crippen LogP contribution in [-0.2, 0) is 0 Å². The van der Waals surface area contributed by atoms with E-state index < -0.39 is 6.17 Å². The molecule has 0 N–H and O–H groups in total. The van der Waals surface area contributed by atoms with Crippen molar-refractivity contribution in [3.8, 4) is 0 Å². The van der Waals surface area contributed by atoms with E-state index >= 15 is 0 Å². The van der Waals surface area contributed by atoms with E-state index in [9.17, 15) is 0 Å². The molecule has 0 fully saturated rings. The molecule has 1 aliphatic heterocycles. The molecule has 36 heavy (non-hydrogen) atoms. The van der Waals surface area contributed by atoms with Gasteiger partial charge in [0.2, 0.25) is 0 Å². The molecule has 172 valence electrons. The third-order valence-corrected chi connectivity index (χ3v) is 5.66. The Morgan fingerprint density at radius 3 is 2.17 bits per heavy atom. The maximum absolute atomic E-state index is 5.20. The number of pyridine rings is 3. The lowest BCUT2D eigenvalue weighted by atomic mass is 9.92. The normalized spacial score (nSPS) is 15.5. The first-order chi connectivity index (χ1) is 17.9. The molecule has 1 atom stereocenters. The molecule has 9 heteroatoms. The van der Waals surface area contributed by atoms with E-state index in [-0.39, 0.29) is 0 Å². The highest BCUT2D eigenvalue weighted by atomic mass is 15.3. The minimum atomic E-state index is -0.553. The van der Waals surface area contributed by atoms with Gasteiger partial charge in [-0.1, -0.05) is 6.07 Å². The van der Waals surface area contributed by atoms with E-state index in [1.54, 1.807) is 49.4 Å². The molecule has 0 spiro atoms. The monoisotopic (exact) mass is 469 g/mol. The molecule has 9 nitrogen and oxygen atoms in total. The van der Waals surface area contributed by atoms with Crippen LogP contribution in [0.5, 0.6) is 0 Å². The summed E-state index contributed by atoms with van der Waals surface area (Å²) in [6.07, 6.45) is 15.0. The molecular formula is C27H19N9. The summed E-state index contributed by atoms with van der Waals surface area (Å²) in [5.74, 6) is 1.22. The van der Waals surface area contributed by atoms with Crippen LogP contribution < -0.4 is 4.90 Å². The van der Waals surface area contributed by atoms with E-state index in [1.807, 2.05) is 54.7 Å². The molecule has 5 aromatic heterocycles. The van der Waals surface area contributed by atoms with Gasteiger partial charge in [-0.25, -0.2) is 29.9 Å². The third-order valence-electron chi connectivity index (χ3n) is 5.66. The molecule has 0 aliphatic carbocycles. The Bertz CT molecular complexity index is 1510. The summed E-state index contributed by atoms with van der Waals surface area (Å²) in [5.41, 5.74) is 4.84. The molecule has 0 aromatic carbocycles. The summed E-state index contributed by atoms with van der Waals surface area (Å²) in [6, 6.07) is 17.3. The van der Waals surface area contributed by atoms with Crippen LogP contribution in [0.1, 0.15) is 28.8 Å². The summed E-state index contributed by atoms with van der Waals surface area (Å²) in [4.78, 5) is 38.4. The van der Waals surface area contributed by atoms with Gasteiger partial charge in [0.25, 0.3) is 0 Å². The number of aromatic nitrogens is 7. The summed E-state index contributed by atoms with van der Waals surface area (Å²) in [7, 11) is 0. The van der Waals surface area contributed by atoms with Crippen molar-refractivity contribution in [2.24, 2.45) is 4.99 Å². The smallest absolute Gasteiger partial charge is 0.178 e. The quantitative estimate of drug-likeness (QED) is 0.380. The van der Waals surface area contributed by atoms with Crippen molar-refractivity contribution in [1.29, 1.82) is 0 Å². The summed E-state index contributed by atoms with van der Waals surface area (Å²) >= 11 is 0. The Kier molecular flexibility index (Phi) is 5.69. The van der Waals surface area contributed by atoms with E-state index in [2.05, 4.69) is 34.8 Å².